The van der Waals surface area contributed by atoms with Gasteiger partial charge in [-0.25, -0.2) is 4.39 Å². The molecule has 1 aliphatic heterocycles. The predicted molar refractivity (Wildman–Crippen MR) is 84.0 cm³/mol. The number of hydrogen-bond acceptors (Lipinski definition) is 3. The highest BCUT2D eigenvalue weighted by atomic mass is 35.5. The predicted octanol–water partition coefficient (Wildman–Crippen LogP) is 3.87. The molecular weight excluding hydrogens is 313 g/mol. The van der Waals surface area contributed by atoms with Gasteiger partial charge in [0.05, 0.1) is 10.8 Å². The lowest BCUT2D eigenvalue weighted by Gasteiger charge is -2.24. The number of rotatable bonds is 7. The normalized spacial score (nSPS) is 18.5. The minimum absolute atomic E-state index is 0.0817. The maximum Gasteiger partial charge on any atom is 0.233 e. The lowest BCUT2D eigenvalue weighted by atomic mass is 10.2. The third-order valence-electron chi connectivity index (χ3n) is 3.23. The lowest BCUT2D eigenvalue weighted by molar-refractivity contribution is -0.128. The molecule has 1 atom stereocenters. The van der Waals surface area contributed by atoms with Crippen molar-refractivity contribution in [3.63, 3.8) is 0 Å². The molecule has 1 saturated heterocycles. The Morgan fingerprint density at radius 2 is 2.29 bits per heavy atom. The van der Waals surface area contributed by atoms with E-state index in [0.717, 1.165) is 25.0 Å². The van der Waals surface area contributed by atoms with E-state index >= 15 is 0 Å². The molecule has 1 heterocycles. The van der Waals surface area contributed by atoms with E-state index in [9.17, 15) is 9.18 Å². The van der Waals surface area contributed by atoms with Crippen molar-refractivity contribution < 1.29 is 13.9 Å². The number of ether oxygens (including phenoxy) is 1. The third kappa shape index (κ3) is 4.34. The Kier molecular flexibility index (Phi) is 6.33. The van der Waals surface area contributed by atoms with Gasteiger partial charge in [-0.05, 0) is 30.5 Å². The molecule has 1 unspecified atom stereocenters. The second kappa shape index (κ2) is 8.01. The van der Waals surface area contributed by atoms with Crippen LogP contribution in [0.3, 0.4) is 0 Å². The standard InChI is InChI=1S/C15H19ClFNO2S/c1-2-7-20-8-3-6-18-14(19)10-21-15(18)11-4-5-13(17)12(16)9-11/h4-5,9,15H,2-3,6-8,10H2,1H3. The molecule has 2 rings (SSSR count). The van der Waals surface area contributed by atoms with E-state index in [-0.39, 0.29) is 16.3 Å². The minimum atomic E-state index is -0.436. The number of thioether (sulfide) groups is 1. The Hall–Kier alpha value is -0.780. The van der Waals surface area contributed by atoms with Crippen LogP contribution in [0.1, 0.15) is 30.7 Å². The highest BCUT2D eigenvalue weighted by Gasteiger charge is 2.32. The van der Waals surface area contributed by atoms with Crippen molar-refractivity contribution in [2.75, 3.05) is 25.5 Å². The summed E-state index contributed by atoms with van der Waals surface area (Å²) < 4.78 is 18.7. The number of benzene rings is 1. The number of nitrogens with zero attached hydrogens (tertiary/aromatic N) is 1. The summed E-state index contributed by atoms with van der Waals surface area (Å²) in [5.41, 5.74) is 0.867. The summed E-state index contributed by atoms with van der Waals surface area (Å²) in [6.07, 6.45) is 1.80. The fraction of sp³-hybridized carbons (Fsp3) is 0.533. The molecule has 0 N–H and O–H groups in total. The van der Waals surface area contributed by atoms with E-state index < -0.39 is 5.82 Å². The molecule has 0 radical (unpaired) electrons. The zero-order chi connectivity index (χ0) is 15.2. The van der Waals surface area contributed by atoms with Crippen LogP contribution in [0, 0.1) is 5.82 Å². The molecule has 6 heteroatoms. The number of hydrogen-bond donors (Lipinski definition) is 0. The number of halogens is 2. The van der Waals surface area contributed by atoms with Gasteiger partial charge in [-0.1, -0.05) is 24.6 Å². The SMILES string of the molecule is CCCOCCCN1C(=O)CSC1c1ccc(F)c(Cl)c1. The summed E-state index contributed by atoms with van der Waals surface area (Å²) >= 11 is 7.38. The second-order valence-electron chi connectivity index (χ2n) is 4.89. The van der Waals surface area contributed by atoms with Gasteiger partial charge in [-0.15, -0.1) is 11.8 Å². The summed E-state index contributed by atoms with van der Waals surface area (Å²) in [6, 6.07) is 4.65. The molecule has 0 saturated carbocycles. The van der Waals surface area contributed by atoms with Gasteiger partial charge in [0.25, 0.3) is 0 Å². The van der Waals surface area contributed by atoms with E-state index in [0.29, 0.717) is 18.9 Å². The molecule has 1 aliphatic rings. The maximum atomic E-state index is 13.2. The first-order valence-electron chi connectivity index (χ1n) is 7.07. The van der Waals surface area contributed by atoms with Crippen LogP contribution in [0.2, 0.25) is 5.02 Å². The van der Waals surface area contributed by atoms with Crippen LogP contribution in [-0.2, 0) is 9.53 Å². The fourth-order valence-electron chi connectivity index (χ4n) is 2.22. The quantitative estimate of drug-likeness (QED) is 0.710. The van der Waals surface area contributed by atoms with Gasteiger partial charge in [-0.2, -0.15) is 0 Å². The van der Waals surface area contributed by atoms with Crippen molar-refractivity contribution in [2.24, 2.45) is 0 Å². The van der Waals surface area contributed by atoms with Crippen LogP contribution in [-0.4, -0.2) is 36.3 Å². The molecule has 3 nitrogen and oxygen atoms in total. The van der Waals surface area contributed by atoms with Crippen LogP contribution >= 0.6 is 23.4 Å². The highest BCUT2D eigenvalue weighted by Crippen LogP contribution is 2.39. The van der Waals surface area contributed by atoms with Crippen molar-refractivity contribution in [1.82, 2.24) is 4.90 Å². The van der Waals surface area contributed by atoms with Crippen LogP contribution in [0.15, 0.2) is 18.2 Å². The third-order valence-corrected chi connectivity index (χ3v) is 4.78. The monoisotopic (exact) mass is 331 g/mol. The van der Waals surface area contributed by atoms with E-state index in [1.807, 2.05) is 4.90 Å². The molecule has 1 amide bonds. The van der Waals surface area contributed by atoms with E-state index in [1.54, 1.807) is 23.9 Å². The largest absolute Gasteiger partial charge is 0.381 e. The Bertz CT molecular complexity index is 501. The molecule has 1 aromatic carbocycles. The van der Waals surface area contributed by atoms with Crippen LogP contribution in [0.5, 0.6) is 0 Å². The zero-order valence-electron chi connectivity index (χ0n) is 12.0. The Morgan fingerprint density at radius 3 is 3.00 bits per heavy atom. The summed E-state index contributed by atoms with van der Waals surface area (Å²) in [5, 5.41) is 0.0143. The van der Waals surface area contributed by atoms with Crippen LogP contribution in [0.25, 0.3) is 0 Å². The summed E-state index contributed by atoms with van der Waals surface area (Å²) in [7, 11) is 0. The van der Waals surface area contributed by atoms with Gasteiger partial charge >= 0.3 is 0 Å². The van der Waals surface area contributed by atoms with Crippen molar-refractivity contribution in [3.05, 3.63) is 34.6 Å². The van der Waals surface area contributed by atoms with Crippen LogP contribution in [0.4, 0.5) is 4.39 Å². The van der Waals surface area contributed by atoms with Gasteiger partial charge < -0.3 is 9.64 Å². The van der Waals surface area contributed by atoms with Gasteiger partial charge in [0, 0.05) is 19.8 Å². The summed E-state index contributed by atoms with van der Waals surface area (Å²) in [5.74, 6) is 0.130. The maximum absolute atomic E-state index is 13.2. The molecular formula is C15H19ClFNO2S. The Labute approximate surface area is 133 Å². The van der Waals surface area contributed by atoms with Gasteiger partial charge in [0.1, 0.15) is 11.2 Å². The zero-order valence-corrected chi connectivity index (χ0v) is 13.6. The van der Waals surface area contributed by atoms with Crippen molar-refractivity contribution in [2.45, 2.75) is 25.1 Å². The van der Waals surface area contributed by atoms with Crippen molar-refractivity contribution in [1.29, 1.82) is 0 Å². The van der Waals surface area contributed by atoms with Crippen molar-refractivity contribution >= 4 is 29.3 Å². The molecule has 0 spiro atoms. The Balaban J connectivity index is 1.97. The summed E-state index contributed by atoms with van der Waals surface area (Å²) in [6.45, 7) is 4.11. The van der Waals surface area contributed by atoms with E-state index in [2.05, 4.69) is 6.92 Å². The molecule has 0 bridgehead atoms. The minimum Gasteiger partial charge on any atom is -0.381 e. The van der Waals surface area contributed by atoms with Gasteiger partial charge in [0.15, 0.2) is 0 Å². The first kappa shape index (κ1) is 16.6. The number of amides is 1. The van der Waals surface area contributed by atoms with E-state index in [4.69, 9.17) is 16.3 Å². The van der Waals surface area contributed by atoms with E-state index in [1.165, 1.54) is 6.07 Å². The molecule has 1 aromatic rings. The number of carbonyl (C=O) groups is 1. The topological polar surface area (TPSA) is 29.5 Å². The highest BCUT2D eigenvalue weighted by molar-refractivity contribution is 8.00. The lowest BCUT2D eigenvalue weighted by Crippen LogP contribution is -2.30. The smallest absolute Gasteiger partial charge is 0.233 e. The second-order valence-corrected chi connectivity index (χ2v) is 6.37. The fourth-order valence-corrected chi connectivity index (χ4v) is 3.62. The molecule has 0 aromatic heterocycles. The Morgan fingerprint density at radius 1 is 1.48 bits per heavy atom. The molecule has 21 heavy (non-hydrogen) atoms. The molecule has 1 fully saturated rings. The van der Waals surface area contributed by atoms with Gasteiger partial charge in [-0.3, -0.25) is 4.79 Å². The first-order valence-corrected chi connectivity index (χ1v) is 8.50. The molecule has 0 aliphatic carbocycles. The molecule has 116 valence electrons. The first-order chi connectivity index (χ1) is 10.1. The van der Waals surface area contributed by atoms with Crippen LogP contribution < -0.4 is 0 Å². The average molecular weight is 332 g/mol. The van der Waals surface area contributed by atoms with Gasteiger partial charge in [0.2, 0.25) is 5.91 Å². The summed E-state index contributed by atoms with van der Waals surface area (Å²) in [4.78, 5) is 13.8. The van der Waals surface area contributed by atoms with Crippen molar-refractivity contribution in [3.8, 4) is 0 Å². The number of carbonyl (C=O) groups excluding carboxylic acids is 1. The average Bonchev–Trinajstić information content (AvgIpc) is 2.83.